The number of fused-ring (bicyclic) bond motifs is 1. The zero-order valence-corrected chi connectivity index (χ0v) is 20.6. The maximum Gasteiger partial charge on any atom is 0.328 e. The summed E-state index contributed by atoms with van der Waals surface area (Å²) in [6.45, 7) is 1.79. The van der Waals surface area contributed by atoms with Crippen molar-refractivity contribution in [3.05, 3.63) is 72.1 Å². The quantitative estimate of drug-likeness (QED) is 0.313. The number of halogens is 1. The van der Waals surface area contributed by atoms with Gasteiger partial charge in [-0.05, 0) is 32.3 Å². The summed E-state index contributed by atoms with van der Waals surface area (Å²) in [5.41, 5.74) is 3.12. The summed E-state index contributed by atoms with van der Waals surface area (Å²) in [7, 11) is 4.13. The summed E-state index contributed by atoms with van der Waals surface area (Å²) in [5.74, 6) is -5.03. The van der Waals surface area contributed by atoms with Crippen molar-refractivity contribution < 1.29 is 39.6 Å². The maximum absolute atomic E-state index is 9.55. The number of aliphatic carboxylic acids is 4. The van der Waals surface area contributed by atoms with E-state index in [1.165, 1.54) is 0 Å². The Balaban J connectivity index is 0.000000355. The van der Waals surface area contributed by atoms with E-state index >= 15 is 0 Å². The molecule has 3 aromatic rings. The molecule has 0 spiro atoms. The average molecular weight is 533 g/mol. The molecule has 3 rings (SSSR count). The second-order valence-corrected chi connectivity index (χ2v) is 7.73. The van der Waals surface area contributed by atoms with E-state index in [-0.39, 0.29) is 0 Å². The van der Waals surface area contributed by atoms with Gasteiger partial charge in [0.2, 0.25) is 0 Å². The highest BCUT2D eigenvalue weighted by Crippen LogP contribution is 2.28. The maximum atomic E-state index is 9.55. The van der Waals surface area contributed by atoms with E-state index in [0.29, 0.717) is 24.3 Å². The molecule has 2 aromatic heterocycles. The number of carboxylic acid groups (broad SMARTS) is 4. The van der Waals surface area contributed by atoms with E-state index in [2.05, 4.69) is 24.0 Å². The second-order valence-electron chi connectivity index (χ2n) is 7.29. The summed E-state index contributed by atoms with van der Waals surface area (Å²) < 4.78 is 2.04. The van der Waals surface area contributed by atoms with E-state index in [1.807, 2.05) is 47.4 Å². The summed E-state index contributed by atoms with van der Waals surface area (Å²) >= 11 is 5.96. The van der Waals surface area contributed by atoms with Gasteiger partial charge in [-0.15, -0.1) is 0 Å². The molecule has 0 saturated carbocycles. The lowest BCUT2D eigenvalue weighted by molar-refractivity contribution is -0.134. The number of rotatable bonds is 8. The zero-order valence-electron chi connectivity index (χ0n) is 19.9. The molecule has 0 saturated heterocycles. The first-order valence-corrected chi connectivity index (χ1v) is 10.8. The zero-order chi connectivity index (χ0) is 28.0. The third-order valence-corrected chi connectivity index (χ3v) is 4.42. The van der Waals surface area contributed by atoms with Crippen LogP contribution in [0.15, 0.2) is 67.0 Å². The van der Waals surface area contributed by atoms with E-state index < -0.39 is 23.9 Å². The summed E-state index contributed by atoms with van der Waals surface area (Å²) in [5, 5.41) is 37.8. The van der Waals surface area contributed by atoms with Crippen molar-refractivity contribution >= 4 is 46.4 Å². The van der Waals surface area contributed by atoms with Crippen molar-refractivity contribution in [2.24, 2.45) is 0 Å². The molecular weight excluding hydrogens is 508 g/mol. The van der Waals surface area contributed by atoms with Crippen molar-refractivity contribution in [1.29, 1.82) is 0 Å². The SMILES string of the molecule is CN(C)CCn1nc(-c2ccc(Cl)cc2)c2cnccc21.O=C(O)/C=C\C(=O)O.O=C(O)/C=C\C(=O)O. The van der Waals surface area contributed by atoms with E-state index in [9.17, 15) is 19.2 Å². The summed E-state index contributed by atoms with van der Waals surface area (Å²) in [6.07, 6.45) is 5.91. The number of nitrogens with zero attached hydrogens (tertiary/aromatic N) is 4. The molecule has 0 atom stereocenters. The minimum Gasteiger partial charge on any atom is -0.478 e. The molecule has 0 aliphatic heterocycles. The fraction of sp³-hybridized carbons (Fsp3) is 0.167. The Morgan fingerprint density at radius 1 is 0.865 bits per heavy atom. The van der Waals surface area contributed by atoms with Crippen LogP contribution in [0.2, 0.25) is 5.02 Å². The molecule has 13 heteroatoms. The molecule has 0 aliphatic rings. The van der Waals surface area contributed by atoms with Crippen molar-refractivity contribution in [2.75, 3.05) is 20.6 Å². The smallest absolute Gasteiger partial charge is 0.328 e. The molecule has 4 N–H and O–H groups in total. The Hall–Kier alpha value is -4.55. The molecule has 37 heavy (non-hydrogen) atoms. The number of hydrogen-bond donors (Lipinski definition) is 4. The van der Waals surface area contributed by atoms with Gasteiger partial charge in [-0.2, -0.15) is 5.10 Å². The van der Waals surface area contributed by atoms with Crippen LogP contribution in [0.4, 0.5) is 0 Å². The molecule has 2 heterocycles. The number of likely N-dealkylation sites (N-methyl/N-ethyl adjacent to an activating group) is 1. The van der Waals surface area contributed by atoms with Gasteiger partial charge in [0.25, 0.3) is 0 Å². The van der Waals surface area contributed by atoms with Gasteiger partial charge in [0.1, 0.15) is 5.69 Å². The molecule has 0 aliphatic carbocycles. The Morgan fingerprint density at radius 2 is 1.35 bits per heavy atom. The molecule has 0 bridgehead atoms. The second kappa shape index (κ2) is 15.4. The molecule has 0 radical (unpaired) electrons. The topological polar surface area (TPSA) is 183 Å². The Kier molecular flexibility index (Phi) is 12.7. The lowest BCUT2D eigenvalue weighted by Crippen LogP contribution is -2.18. The van der Waals surface area contributed by atoms with Gasteiger partial charge in [-0.3, -0.25) is 9.67 Å². The van der Waals surface area contributed by atoms with Crippen molar-refractivity contribution in [2.45, 2.75) is 6.54 Å². The summed E-state index contributed by atoms with van der Waals surface area (Å²) in [6, 6.07) is 9.77. The highest BCUT2D eigenvalue weighted by molar-refractivity contribution is 6.30. The molecule has 196 valence electrons. The number of carboxylic acids is 4. The molecule has 12 nitrogen and oxygen atoms in total. The van der Waals surface area contributed by atoms with Gasteiger partial charge in [0, 0.05) is 59.2 Å². The number of pyridine rings is 1. The van der Waals surface area contributed by atoms with Crippen LogP contribution in [0.1, 0.15) is 0 Å². The van der Waals surface area contributed by atoms with Crippen LogP contribution in [0, 0.1) is 0 Å². The largest absolute Gasteiger partial charge is 0.478 e. The monoisotopic (exact) mass is 532 g/mol. The van der Waals surface area contributed by atoms with Crippen LogP contribution in [0.3, 0.4) is 0 Å². The van der Waals surface area contributed by atoms with Gasteiger partial charge in [-0.1, -0.05) is 23.7 Å². The molecule has 0 fully saturated rings. The van der Waals surface area contributed by atoms with E-state index in [0.717, 1.165) is 40.3 Å². The van der Waals surface area contributed by atoms with Crippen LogP contribution in [-0.4, -0.2) is 84.6 Å². The first kappa shape index (κ1) is 30.5. The van der Waals surface area contributed by atoms with E-state index in [4.69, 9.17) is 37.1 Å². The fourth-order valence-corrected chi connectivity index (χ4v) is 2.72. The van der Waals surface area contributed by atoms with Crippen LogP contribution < -0.4 is 0 Å². The highest BCUT2D eigenvalue weighted by Gasteiger charge is 2.12. The average Bonchev–Trinajstić information content (AvgIpc) is 3.20. The van der Waals surface area contributed by atoms with Crippen molar-refractivity contribution in [1.82, 2.24) is 19.7 Å². The predicted molar refractivity (Wildman–Crippen MR) is 135 cm³/mol. The van der Waals surface area contributed by atoms with E-state index in [1.54, 1.807) is 0 Å². The Morgan fingerprint density at radius 3 is 1.78 bits per heavy atom. The van der Waals surface area contributed by atoms with Gasteiger partial charge in [-0.25, -0.2) is 19.2 Å². The van der Waals surface area contributed by atoms with Crippen molar-refractivity contribution in [3.63, 3.8) is 0 Å². The minimum atomic E-state index is -1.26. The van der Waals surface area contributed by atoms with Crippen LogP contribution in [0.25, 0.3) is 22.2 Å². The van der Waals surface area contributed by atoms with Gasteiger partial charge in [0.05, 0.1) is 12.1 Å². The third-order valence-electron chi connectivity index (χ3n) is 4.17. The number of benzene rings is 1. The van der Waals surface area contributed by atoms with Gasteiger partial charge < -0.3 is 25.3 Å². The third kappa shape index (κ3) is 12.1. The molecule has 0 unspecified atom stereocenters. The Bertz CT molecular complexity index is 1220. The summed E-state index contributed by atoms with van der Waals surface area (Å²) in [4.78, 5) is 44.6. The lowest BCUT2D eigenvalue weighted by Gasteiger charge is -2.09. The van der Waals surface area contributed by atoms with Crippen molar-refractivity contribution in [3.8, 4) is 11.3 Å². The van der Waals surface area contributed by atoms with Crippen LogP contribution >= 0.6 is 11.6 Å². The normalized spacial score (nSPS) is 10.6. The van der Waals surface area contributed by atoms with Crippen LogP contribution in [-0.2, 0) is 25.7 Å². The predicted octanol–water partition coefficient (Wildman–Crippen LogP) is 2.74. The first-order valence-electron chi connectivity index (χ1n) is 10.4. The Labute approximate surface area is 216 Å². The fourth-order valence-electron chi connectivity index (χ4n) is 2.59. The highest BCUT2D eigenvalue weighted by atomic mass is 35.5. The number of carbonyl (C=O) groups is 4. The first-order chi connectivity index (χ1) is 17.4. The lowest BCUT2D eigenvalue weighted by atomic mass is 10.1. The molecular formula is C24H25ClN4O8. The minimum absolute atomic E-state index is 0.558. The standard InChI is InChI=1S/C16H17ClN4.2C4H4O4/c1-20(2)9-10-21-15-7-8-18-11-14(15)16(19-21)12-3-5-13(17)6-4-12;2*5-3(6)1-2-4(7)8/h3-8,11H,9-10H2,1-2H3;2*1-2H,(H,5,6)(H,7,8)/b;2*2-1-. The number of hydrogen-bond acceptors (Lipinski definition) is 7. The molecule has 0 amide bonds. The molecule has 1 aromatic carbocycles. The van der Waals surface area contributed by atoms with Crippen LogP contribution in [0.5, 0.6) is 0 Å². The van der Waals surface area contributed by atoms with Gasteiger partial charge in [0.15, 0.2) is 0 Å². The number of aromatic nitrogens is 3. The van der Waals surface area contributed by atoms with Gasteiger partial charge >= 0.3 is 23.9 Å².